The van der Waals surface area contributed by atoms with E-state index < -0.39 is 0 Å². The first-order valence-electron chi connectivity index (χ1n) is 9.86. The molecule has 30 heavy (non-hydrogen) atoms. The summed E-state index contributed by atoms with van der Waals surface area (Å²) in [6, 6.07) is 7.54. The van der Waals surface area contributed by atoms with Crippen molar-refractivity contribution in [2.45, 2.75) is 31.6 Å². The fourth-order valence-electron chi connectivity index (χ4n) is 3.47. The molecule has 4 rings (SSSR count). The summed E-state index contributed by atoms with van der Waals surface area (Å²) >= 11 is 1.50. The molecule has 4 heterocycles. The number of amides is 1. The van der Waals surface area contributed by atoms with E-state index in [1.54, 1.807) is 12.3 Å². The van der Waals surface area contributed by atoms with Crippen molar-refractivity contribution in [2.75, 3.05) is 31.1 Å². The van der Waals surface area contributed by atoms with E-state index in [9.17, 15) is 4.79 Å². The zero-order valence-electron chi connectivity index (χ0n) is 17.3. The third-order valence-electron chi connectivity index (χ3n) is 4.88. The third kappa shape index (κ3) is 4.62. The maximum absolute atomic E-state index is 13.2. The molecule has 156 valence electrons. The highest BCUT2D eigenvalue weighted by molar-refractivity contribution is 7.98. The summed E-state index contributed by atoms with van der Waals surface area (Å²) in [5.41, 5.74) is 2.42. The second kappa shape index (κ2) is 8.83. The summed E-state index contributed by atoms with van der Waals surface area (Å²) < 4.78 is 5.11. The van der Waals surface area contributed by atoms with Crippen molar-refractivity contribution in [2.24, 2.45) is 0 Å². The Labute approximate surface area is 179 Å². The number of rotatable bonds is 5. The molecule has 0 radical (unpaired) electrons. The predicted molar refractivity (Wildman–Crippen MR) is 115 cm³/mol. The quantitative estimate of drug-likeness (QED) is 0.578. The number of carbonyl (C=O) groups is 1. The lowest BCUT2D eigenvalue weighted by Crippen LogP contribution is -2.49. The number of piperazine rings is 1. The van der Waals surface area contributed by atoms with Gasteiger partial charge in [-0.05, 0) is 32.9 Å². The lowest BCUT2D eigenvalue weighted by Gasteiger charge is -2.35. The molecule has 0 bridgehead atoms. The van der Waals surface area contributed by atoms with E-state index in [0.29, 0.717) is 29.4 Å². The normalized spacial score (nSPS) is 14.2. The van der Waals surface area contributed by atoms with Crippen LogP contribution < -0.4 is 4.90 Å². The zero-order valence-corrected chi connectivity index (χ0v) is 18.1. The molecule has 0 spiro atoms. The fourth-order valence-corrected chi connectivity index (χ4v) is 4.33. The number of anilines is 1. The van der Waals surface area contributed by atoms with Gasteiger partial charge < -0.3 is 14.3 Å². The minimum Gasteiger partial charge on any atom is -0.361 e. The number of carbonyl (C=O) groups excluding carboxylic acids is 1. The maximum Gasteiger partial charge on any atom is 0.256 e. The smallest absolute Gasteiger partial charge is 0.256 e. The number of pyridine rings is 1. The van der Waals surface area contributed by atoms with E-state index in [-0.39, 0.29) is 5.91 Å². The largest absolute Gasteiger partial charge is 0.361 e. The first-order chi connectivity index (χ1) is 14.5. The Morgan fingerprint density at radius 2 is 1.93 bits per heavy atom. The molecule has 9 heteroatoms. The second-order valence-electron chi connectivity index (χ2n) is 7.27. The highest BCUT2D eigenvalue weighted by atomic mass is 32.2. The first kappa shape index (κ1) is 20.3. The Morgan fingerprint density at radius 3 is 2.63 bits per heavy atom. The van der Waals surface area contributed by atoms with Crippen molar-refractivity contribution in [1.29, 1.82) is 0 Å². The third-order valence-corrected chi connectivity index (χ3v) is 5.92. The number of hydrogen-bond acceptors (Lipinski definition) is 8. The molecule has 0 atom stereocenters. The average molecular weight is 425 g/mol. The Balaban J connectivity index is 1.41. The van der Waals surface area contributed by atoms with E-state index in [1.807, 2.05) is 43.9 Å². The van der Waals surface area contributed by atoms with Crippen LogP contribution in [0.3, 0.4) is 0 Å². The summed E-state index contributed by atoms with van der Waals surface area (Å²) in [7, 11) is 0. The second-order valence-corrected chi connectivity index (χ2v) is 8.23. The summed E-state index contributed by atoms with van der Waals surface area (Å²) in [6.07, 6.45) is 1.71. The molecule has 0 aromatic carbocycles. The minimum atomic E-state index is 0.0108. The van der Waals surface area contributed by atoms with Crippen LogP contribution in [0.2, 0.25) is 0 Å². The molecule has 3 aromatic heterocycles. The summed E-state index contributed by atoms with van der Waals surface area (Å²) in [5.74, 6) is 3.08. The number of aromatic nitrogens is 4. The van der Waals surface area contributed by atoms with Gasteiger partial charge in [-0.1, -0.05) is 16.9 Å². The van der Waals surface area contributed by atoms with Crippen LogP contribution in [-0.4, -0.2) is 57.1 Å². The number of thioether (sulfide) groups is 1. The Hall–Kier alpha value is -2.94. The van der Waals surface area contributed by atoms with Crippen LogP contribution in [0.4, 0.5) is 5.82 Å². The summed E-state index contributed by atoms with van der Waals surface area (Å²) in [6.45, 7) is 8.49. The van der Waals surface area contributed by atoms with E-state index in [2.05, 4.69) is 25.0 Å². The van der Waals surface area contributed by atoms with Crippen LogP contribution in [0.1, 0.15) is 33.3 Å². The zero-order chi connectivity index (χ0) is 21.1. The Morgan fingerprint density at radius 1 is 1.13 bits per heavy atom. The number of hydrogen-bond donors (Lipinski definition) is 0. The molecule has 3 aromatic rings. The van der Waals surface area contributed by atoms with Gasteiger partial charge in [0.15, 0.2) is 0 Å². The van der Waals surface area contributed by atoms with Crippen molar-refractivity contribution >= 4 is 23.5 Å². The van der Waals surface area contributed by atoms with E-state index in [0.717, 1.165) is 41.9 Å². The molecule has 0 unspecified atom stereocenters. The van der Waals surface area contributed by atoms with Gasteiger partial charge in [-0.15, -0.1) is 0 Å². The van der Waals surface area contributed by atoms with Crippen molar-refractivity contribution in [3.63, 3.8) is 0 Å². The molecular weight excluding hydrogens is 400 g/mol. The highest BCUT2D eigenvalue weighted by Gasteiger charge is 2.25. The standard InChI is InChI=1S/C21H24N6O2S/c1-14-11-19(24-16(3)23-14)26-7-9-27(10-8-26)21(28)18-5-4-6-22-20(18)30-13-17-12-15(2)29-25-17/h4-6,11-12H,7-10,13H2,1-3H3. The van der Waals surface area contributed by atoms with E-state index in [1.165, 1.54) is 11.8 Å². The van der Waals surface area contributed by atoms with Crippen LogP contribution in [0.5, 0.6) is 0 Å². The molecule has 1 aliphatic heterocycles. The molecule has 0 saturated carbocycles. The average Bonchev–Trinajstić information content (AvgIpc) is 3.16. The van der Waals surface area contributed by atoms with Gasteiger partial charge in [0.25, 0.3) is 5.91 Å². The summed E-state index contributed by atoms with van der Waals surface area (Å²) in [5, 5.41) is 4.73. The number of nitrogens with zero attached hydrogens (tertiary/aromatic N) is 6. The van der Waals surface area contributed by atoms with Gasteiger partial charge in [0.2, 0.25) is 0 Å². The Bertz CT molecular complexity index is 1030. The lowest BCUT2D eigenvalue weighted by atomic mass is 10.2. The highest BCUT2D eigenvalue weighted by Crippen LogP contribution is 2.26. The predicted octanol–water partition coefficient (Wildman–Crippen LogP) is 3.04. The van der Waals surface area contributed by atoms with Gasteiger partial charge in [0.05, 0.1) is 11.3 Å². The van der Waals surface area contributed by atoms with Gasteiger partial charge >= 0.3 is 0 Å². The van der Waals surface area contributed by atoms with Crippen molar-refractivity contribution in [3.8, 4) is 0 Å². The Kier molecular flexibility index (Phi) is 5.98. The lowest BCUT2D eigenvalue weighted by molar-refractivity contribution is 0.0742. The number of aryl methyl sites for hydroxylation is 3. The minimum absolute atomic E-state index is 0.0108. The van der Waals surface area contributed by atoms with Crippen molar-refractivity contribution in [1.82, 2.24) is 25.0 Å². The van der Waals surface area contributed by atoms with Crippen molar-refractivity contribution in [3.05, 3.63) is 59.0 Å². The van der Waals surface area contributed by atoms with Gasteiger partial charge in [-0.2, -0.15) is 0 Å². The molecule has 0 aliphatic carbocycles. The van der Waals surface area contributed by atoms with Crippen LogP contribution in [0, 0.1) is 20.8 Å². The van der Waals surface area contributed by atoms with Crippen LogP contribution in [0.25, 0.3) is 0 Å². The van der Waals surface area contributed by atoms with E-state index >= 15 is 0 Å². The van der Waals surface area contributed by atoms with Gasteiger partial charge in [0.1, 0.15) is 22.4 Å². The van der Waals surface area contributed by atoms with Gasteiger partial charge in [-0.3, -0.25) is 4.79 Å². The molecular formula is C21H24N6O2S. The topological polar surface area (TPSA) is 88.2 Å². The molecule has 1 amide bonds. The summed E-state index contributed by atoms with van der Waals surface area (Å²) in [4.78, 5) is 30.6. The van der Waals surface area contributed by atoms with E-state index in [4.69, 9.17) is 4.52 Å². The first-order valence-corrected chi connectivity index (χ1v) is 10.8. The van der Waals surface area contributed by atoms with Crippen LogP contribution in [-0.2, 0) is 5.75 Å². The van der Waals surface area contributed by atoms with Crippen LogP contribution >= 0.6 is 11.8 Å². The maximum atomic E-state index is 13.2. The molecule has 8 nitrogen and oxygen atoms in total. The SMILES string of the molecule is Cc1cc(N2CCN(C(=O)c3cccnc3SCc3cc(C)on3)CC2)nc(C)n1. The monoisotopic (exact) mass is 424 g/mol. The van der Waals surface area contributed by atoms with Gasteiger partial charge in [0, 0.05) is 56.0 Å². The molecule has 1 fully saturated rings. The molecule has 0 N–H and O–H groups in total. The van der Waals surface area contributed by atoms with Gasteiger partial charge in [-0.25, -0.2) is 15.0 Å². The van der Waals surface area contributed by atoms with Crippen molar-refractivity contribution < 1.29 is 9.32 Å². The molecule has 1 saturated heterocycles. The van der Waals surface area contributed by atoms with Crippen LogP contribution in [0.15, 0.2) is 40.0 Å². The fraction of sp³-hybridized carbons (Fsp3) is 0.381. The molecule has 1 aliphatic rings.